The Morgan fingerprint density at radius 3 is 2.06 bits per heavy atom. The van der Waals surface area contributed by atoms with Gasteiger partial charge in [0.1, 0.15) is 6.54 Å². The Kier molecular flexibility index (Phi) is 5.76. The Balaban J connectivity index is 1.36. The highest BCUT2D eigenvalue weighted by atomic mass is 16.2. The Bertz CT molecular complexity index is 1080. The maximum absolute atomic E-state index is 13.3. The van der Waals surface area contributed by atoms with Gasteiger partial charge in [0.15, 0.2) is 0 Å². The lowest BCUT2D eigenvalue weighted by Crippen LogP contribution is -2.58. The van der Waals surface area contributed by atoms with Crippen LogP contribution in [0.25, 0.3) is 0 Å². The molecule has 0 radical (unpaired) electrons. The first kappa shape index (κ1) is 20.5. The minimum atomic E-state index is -0.0615. The maximum Gasteiger partial charge on any atom is 0.254 e. The minimum absolute atomic E-state index is 0.00369. The molecule has 0 unspecified atom stereocenters. The molecule has 0 bridgehead atoms. The summed E-state index contributed by atoms with van der Waals surface area (Å²) < 4.78 is 0. The van der Waals surface area contributed by atoms with Crippen molar-refractivity contribution in [3.8, 4) is 0 Å². The molecule has 2 aliphatic rings. The van der Waals surface area contributed by atoms with E-state index in [4.69, 9.17) is 0 Å². The summed E-state index contributed by atoms with van der Waals surface area (Å²) in [5.41, 5.74) is 4.25. The molecule has 0 N–H and O–H groups in total. The Morgan fingerprint density at radius 1 is 0.812 bits per heavy atom. The van der Waals surface area contributed by atoms with Gasteiger partial charge in [-0.05, 0) is 54.0 Å². The number of carbonyl (C=O) groups excluding carboxylic acids is 2. The zero-order valence-electron chi connectivity index (χ0n) is 18.2. The summed E-state index contributed by atoms with van der Waals surface area (Å²) in [6.45, 7) is 1.23. The van der Waals surface area contributed by atoms with Crippen molar-refractivity contribution in [3.05, 3.63) is 107 Å². The van der Waals surface area contributed by atoms with Gasteiger partial charge in [-0.1, -0.05) is 72.8 Å². The fourth-order valence-electron chi connectivity index (χ4n) is 4.59. The van der Waals surface area contributed by atoms with E-state index in [0.29, 0.717) is 24.6 Å². The molecule has 0 aromatic heterocycles. The van der Waals surface area contributed by atoms with Gasteiger partial charge in [-0.15, -0.1) is 0 Å². The molecule has 2 amide bonds. The van der Waals surface area contributed by atoms with Gasteiger partial charge in [0, 0.05) is 18.7 Å². The van der Waals surface area contributed by atoms with Crippen molar-refractivity contribution in [1.29, 1.82) is 0 Å². The fraction of sp³-hybridized carbons (Fsp3) is 0.286. The summed E-state index contributed by atoms with van der Waals surface area (Å²) in [5, 5.41) is 0. The summed E-state index contributed by atoms with van der Waals surface area (Å²) in [5.74, 6) is 0.611. The van der Waals surface area contributed by atoms with E-state index in [9.17, 15) is 9.59 Å². The molecule has 1 aliphatic heterocycles. The van der Waals surface area contributed by atoms with Crippen molar-refractivity contribution in [2.45, 2.75) is 37.8 Å². The molecule has 1 heterocycles. The van der Waals surface area contributed by atoms with Crippen LogP contribution < -0.4 is 0 Å². The van der Waals surface area contributed by atoms with Gasteiger partial charge < -0.3 is 9.80 Å². The highest BCUT2D eigenvalue weighted by molar-refractivity contribution is 5.97. The number of amides is 2. The van der Waals surface area contributed by atoms with Crippen LogP contribution in [0.3, 0.4) is 0 Å². The van der Waals surface area contributed by atoms with E-state index in [1.807, 2.05) is 65.6 Å². The third-order valence-corrected chi connectivity index (χ3v) is 6.52. The van der Waals surface area contributed by atoms with Gasteiger partial charge in [0.05, 0.1) is 6.04 Å². The number of carbonyl (C=O) groups is 2. The third kappa shape index (κ3) is 4.59. The van der Waals surface area contributed by atoms with Crippen molar-refractivity contribution in [3.63, 3.8) is 0 Å². The van der Waals surface area contributed by atoms with Crippen LogP contribution in [0.15, 0.2) is 84.9 Å². The summed E-state index contributed by atoms with van der Waals surface area (Å²) in [7, 11) is 0. The smallest absolute Gasteiger partial charge is 0.254 e. The molecule has 2 fully saturated rings. The monoisotopic (exact) mass is 424 g/mol. The molecule has 3 aromatic carbocycles. The van der Waals surface area contributed by atoms with E-state index in [1.165, 1.54) is 24.0 Å². The number of hydrogen-bond acceptors (Lipinski definition) is 2. The lowest BCUT2D eigenvalue weighted by atomic mass is 10.00. The number of piperazine rings is 1. The van der Waals surface area contributed by atoms with Crippen molar-refractivity contribution in [2.24, 2.45) is 0 Å². The predicted octanol–water partition coefficient (Wildman–Crippen LogP) is 4.66. The average Bonchev–Trinajstić information content (AvgIpc) is 3.68. The predicted molar refractivity (Wildman–Crippen MR) is 125 cm³/mol. The molecule has 1 aliphatic carbocycles. The zero-order valence-corrected chi connectivity index (χ0v) is 18.2. The molecule has 1 atom stereocenters. The number of hydrogen-bond donors (Lipinski definition) is 0. The average molecular weight is 425 g/mol. The quantitative estimate of drug-likeness (QED) is 0.577. The van der Waals surface area contributed by atoms with Gasteiger partial charge in [-0.25, -0.2) is 0 Å². The molecule has 3 aromatic rings. The van der Waals surface area contributed by atoms with Crippen LogP contribution in [0.2, 0.25) is 0 Å². The summed E-state index contributed by atoms with van der Waals surface area (Å²) in [6.07, 6.45) is 3.21. The SMILES string of the molecule is O=C(c1ccc(C2CC2)cc1)N1CC(=O)N(Cc2ccccc2)[C@@H](Cc2ccccc2)C1. The van der Waals surface area contributed by atoms with E-state index >= 15 is 0 Å². The van der Waals surface area contributed by atoms with Crippen LogP contribution in [-0.2, 0) is 17.8 Å². The maximum atomic E-state index is 13.3. The minimum Gasteiger partial charge on any atom is -0.332 e. The molecule has 1 saturated heterocycles. The molecular weight excluding hydrogens is 396 g/mol. The van der Waals surface area contributed by atoms with Crippen LogP contribution in [0.1, 0.15) is 45.8 Å². The van der Waals surface area contributed by atoms with Crippen LogP contribution in [0.4, 0.5) is 0 Å². The summed E-state index contributed by atoms with van der Waals surface area (Å²) in [6, 6.07) is 28.2. The Labute approximate surface area is 189 Å². The van der Waals surface area contributed by atoms with Crippen molar-refractivity contribution in [2.75, 3.05) is 13.1 Å². The first-order valence-electron chi connectivity index (χ1n) is 11.4. The van der Waals surface area contributed by atoms with Gasteiger partial charge in [-0.2, -0.15) is 0 Å². The van der Waals surface area contributed by atoms with Crippen molar-refractivity contribution >= 4 is 11.8 Å². The zero-order chi connectivity index (χ0) is 21.9. The summed E-state index contributed by atoms with van der Waals surface area (Å²) >= 11 is 0. The Morgan fingerprint density at radius 2 is 1.44 bits per heavy atom. The molecule has 4 nitrogen and oxygen atoms in total. The van der Waals surface area contributed by atoms with E-state index in [2.05, 4.69) is 24.3 Å². The first-order valence-corrected chi connectivity index (χ1v) is 11.4. The number of rotatable bonds is 6. The standard InChI is InChI=1S/C28H28N2O2/c31-27-20-29(28(32)25-15-13-24(14-16-25)23-11-12-23)19-26(17-21-7-3-1-4-8-21)30(27)18-22-9-5-2-6-10-22/h1-10,13-16,23,26H,11-12,17-20H2/t26-/m0/s1. The summed E-state index contributed by atoms with van der Waals surface area (Å²) in [4.78, 5) is 30.2. The number of nitrogens with zero attached hydrogens (tertiary/aromatic N) is 2. The van der Waals surface area contributed by atoms with E-state index < -0.39 is 0 Å². The first-order chi connectivity index (χ1) is 15.7. The van der Waals surface area contributed by atoms with Crippen LogP contribution in [0.5, 0.6) is 0 Å². The third-order valence-electron chi connectivity index (χ3n) is 6.52. The van der Waals surface area contributed by atoms with Gasteiger partial charge in [0.25, 0.3) is 5.91 Å². The van der Waals surface area contributed by atoms with Gasteiger partial charge in [-0.3, -0.25) is 9.59 Å². The van der Waals surface area contributed by atoms with Crippen LogP contribution in [0, 0.1) is 0 Å². The molecule has 0 spiro atoms. The number of benzene rings is 3. The molecular formula is C28H28N2O2. The largest absolute Gasteiger partial charge is 0.332 e. The van der Waals surface area contributed by atoms with E-state index in [1.54, 1.807) is 4.90 Å². The molecule has 4 heteroatoms. The second-order valence-corrected chi connectivity index (χ2v) is 8.93. The lowest BCUT2D eigenvalue weighted by molar-refractivity contribution is -0.139. The van der Waals surface area contributed by atoms with Crippen LogP contribution in [-0.4, -0.2) is 40.7 Å². The van der Waals surface area contributed by atoms with Gasteiger partial charge in [0.2, 0.25) is 5.91 Å². The van der Waals surface area contributed by atoms with Crippen molar-refractivity contribution < 1.29 is 9.59 Å². The van der Waals surface area contributed by atoms with Crippen LogP contribution >= 0.6 is 0 Å². The molecule has 1 saturated carbocycles. The second kappa shape index (κ2) is 8.99. The normalized spacial score (nSPS) is 18.6. The molecule has 162 valence electrons. The highest BCUT2D eigenvalue weighted by Gasteiger charge is 2.35. The lowest BCUT2D eigenvalue weighted by Gasteiger charge is -2.41. The fourth-order valence-corrected chi connectivity index (χ4v) is 4.59. The van der Waals surface area contributed by atoms with E-state index in [0.717, 1.165) is 12.0 Å². The molecule has 32 heavy (non-hydrogen) atoms. The Hall–Kier alpha value is -3.40. The second-order valence-electron chi connectivity index (χ2n) is 8.93. The topological polar surface area (TPSA) is 40.6 Å². The van der Waals surface area contributed by atoms with E-state index in [-0.39, 0.29) is 24.4 Å². The molecule has 5 rings (SSSR count). The van der Waals surface area contributed by atoms with Crippen molar-refractivity contribution in [1.82, 2.24) is 9.80 Å². The van der Waals surface area contributed by atoms with Gasteiger partial charge >= 0.3 is 0 Å². The highest BCUT2D eigenvalue weighted by Crippen LogP contribution is 2.40.